The van der Waals surface area contributed by atoms with Gasteiger partial charge in [-0.25, -0.2) is 0 Å². The minimum absolute atomic E-state index is 0.184. The van der Waals surface area contributed by atoms with Crippen molar-refractivity contribution in [2.75, 3.05) is 13.1 Å². The molecule has 0 N–H and O–H groups in total. The molecule has 152 valence electrons. The Morgan fingerprint density at radius 3 is 2.43 bits per heavy atom. The van der Waals surface area contributed by atoms with Crippen molar-refractivity contribution < 1.29 is 4.79 Å². The van der Waals surface area contributed by atoms with Gasteiger partial charge in [0.25, 0.3) is 5.91 Å². The van der Waals surface area contributed by atoms with Crippen LogP contribution in [0.2, 0.25) is 0 Å². The van der Waals surface area contributed by atoms with Crippen molar-refractivity contribution in [3.05, 3.63) is 89.6 Å². The van der Waals surface area contributed by atoms with Gasteiger partial charge >= 0.3 is 0 Å². The molecular weight excluding hydrogens is 370 g/mol. The van der Waals surface area contributed by atoms with Crippen LogP contribution in [0.15, 0.2) is 72.9 Å². The summed E-state index contributed by atoms with van der Waals surface area (Å²) in [6.45, 7) is 4.90. The second-order valence-electron chi connectivity index (χ2n) is 8.46. The molecule has 2 atom stereocenters. The summed E-state index contributed by atoms with van der Waals surface area (Å²) in [6.07, 6.45) is 3.96. The van der Waals surface area contributed by atoms with E-state index in [1.54, 1.807) is 0 Å². The fraction of sp³-hybridized carbons (Fsp3) is 0.308. The van der Waals surface area contributed by atoms with Crippen molar-refractivity contribution in [1.82, 2.24) is 14.8 Å². The number of carbonyl (C=O) groups is 1. The normalized spacial score (nSPS) is 21.0. The van der Waals surface area contributed by atoms with Crippen LogP contribution < -0.4 is 0 Å². The number of aromatic nitrogens is 1. The maximum absolute atomic E-state index is 13.0. The minimum atomic E-state index is 0.184. The molecule has 0 bridgehead atoms. The molecule has 2 aliphatic rings. The first-order valence-electron chi connectivity index (χ1n) is 10.8. The Morgan fingerprint density at radius 2 is 1.70 bits per heavy atom. The van der Waals surface area contributed by atoms with E-state index in [4.69, 9.17) is 0 Å². The van der Waals surface area contributed by atoms with Crippen molar-refractivity contribution in [2.45, 2.75) is 38.4 Å². The number of fused-ring (bicyclic) bond motifs is 1. The lowest BCUT2D eigenvalue weighted by molar-refractivity contribution is 0.0732. The van der Waals surface area contributed by atoms with E-state index >= 15 is 0 Å². The van der Waals surface area contributed by atoms with Gasteiger partial charge in [0.15, 0.2) is 0 Å². The van der Waals surface area contributed by atoms with Crippen LogP contribution >= 0.6 is 0 Å². The highest BCUT2D eigenvalue weighted by molar-refractivity contribution is 5.94. The lowest BCUT2D eigenvalue weighted by atomic mass is 10.1. The van der Waals surface area contributed by atoms with Crippen molar-refractivity contribution >= 4 is 5.91 Å². The summed E-state index contributed by atoms with van der Waals surface area (Å²) in [4.78, 5) is 22.1. The van der Waals surface area contributed by atoms with Crippen LogP contribution in [0.1, 0.15) is 34.3 Å². The molecule has 2 fully saturated rings. The predicted molar refractivity (Wildman–Crippen MR) is 119 cm³/mol. The number of aryl methyl sites for hydroxylation is 1. The van der Waals surface area contributed by atoms with Crippen LogP contribution in [0.3, 0.4) is 0 Å². The molecular formula is C26H27N3O. The first kappa shape index (κ1) is 19.0. The molecule has 2 aromatic carbocycles. The number of pyridine rings is 1. The first-order chi connectivity index (χ1) is 14.7. The van der Waals surface area contributed by atoms with Crippen LogP contribution in [-0.4, -0.2) is 45.9 Å². The first-order valence-corrected chi connectivity index (χ1v) is 10.8. The molecule has 1 amide bonds. The number of likely N-dealkylation sites (tertiary alicyclic amines) is 2. The van der Waals surface area contributed by atoms with E-state index in [1.165, 1.54) is 11.1 Å². The summed E-state index contributed by atoms with van der Waals surface area (Å²) in [5.41, 5.74) is 5.47. The molecule has 0 unspecified atom stereocenters. The van der Waals surface area contributed by atoms with Crippen LogP contribution in [-0.2, 0) is 6.54 Å². The van der Waals surface area contributed by atoms with E-state index < -0.39 is 0 Å². The van der Waals surface area contributed by atoms with Crippen LogP contribution in [0.4, 0.5) is 0 Å². The van der Waals surface area contributed by atoms with Gasteiger partial charge in [0.2, 0.25) is 0 Å². The molecule has 4 nitrogen and oxygen atoms in total. The number of rotatable bonds is 4. The Bertz CT molecular complexity index is 1010. The van der Waals surface area contributed by atoms with Gasteiger partial charge in [-0.05, 0) is 49.6 Å². The van der Waals surface area contributed by atoms with E-state index in [9.17, 15) is 4.79 Å². The molecule has 3 heterocycles. The zero-order valence-electron chi connectivity index (χ0n) is 17.4. The largest absolute Gasteiger partial charge is 0.334 e. The summed E-state index contributed by atoms with van der Waals surface area (Å²) in [5.74, 6) is 0.184. The average molecular weight is 398 g/mol. The highest BCUT2D eigenvalue weighted by Gasteiger charge is 2.44. The van der Waals surface area contributed by atoms with Gasteiger partial charge in [-0.15, -0.1) is 0 Å². The zero-order chi connectivity index (χ0) is 20.5. The van der Waals surface area contributed by atoms with Gasteiger partial charge in [0.05, 0.1) is 5.69 Å². The molecule has 30 heavy (non-hydrogen) atoms. The van der Waals surface area contributed by atoms with E-state index in [0.29, 0.717) is 12.1 Å². The topological polar surface area (TPSA) is 36.4 Å². The molecule has 1 aromatic heterocycles. The van der Waals surface area contributed by atoms with Crippen molar-refractivity contribution in [2.24, 2.45) is 0 Å². The molecule has 4 heteroatoms. The molecule has 0 saturated carbocycles. The lowest BCUT2D eigenvalue weighted by Crippen LogP contribution is -2.39. The van der Waals surface area contributed by atoms with Gasteiger partial charge in [-0.3, -0.25) is 14.7 Å². The number of hydrogen-bond acceptors (Lipinski definition) is 3. The quantitative estimate of drug-likeness (QED) is 0.648. The third-order valence-electron chi connectivity index (χ3n) is 6.55. The molecule has 2 saturated heterocycles. The lowest BCUT2D eigenvalue weighted by Gasteiger charge is -2.26. The second kappa shape index (κ2) is 8.04. The van der Waals surface area contributed by atoms with Gasteiger partial charge < -0.3 is 4.90 Å². The standard InChI is InChI=1S/C26H27N3O/c1-19-5-9-22(10-6-19)26(30)29-17-14-24-25(29)13-16-28(24)18-20-7-11-21(12-8-20)23-4-2-3-15-27-23/h2-12,15,24-25H,13-14,16-18H2,1H3/t24-,25-/m0/s1. The van der Waals surface area contributed by atoms with E-state index in [0.717, 1.165) is 49.3 Å². The van der Waals surface area contributed by atoms with E-state index in [1.807, 2.05) is 48.7 Å². The van der Waals surface area contributed by atoms with E-state index in [2.05, 4.69) is 46.0 Å². The number of hydrogen-bond donors (Lipinski definition) is 0. The third-order valence-corrected chi connectivity index (χ3v) is 6.55. The summed E-state index contributed by atoms with van der Waals surface area (Å²) < 4.78 is 0. The molecule has 2 aliphatic heterocycles. The predicted octanol–water partition coefficient (Wildman–Crippen LogP) is 4.55. The SMILES string of the molecule is Cc1ccc(C(=O)N2CC[C@H]3[C@@H]2CCN3Cc2ccc(-c3ccccn3)cc2)cc1. The molecule has 3 aromatic rings. The number of benzene rings is 2. The maximum atomic E-state index is 13.0. The van der Waals surface area contributed by atoms with Gasteiger partial charge in [-0.1, -0.05) is 48.0 Å². The highest BCUT2D eigenvalue weighted by atomic mass is 16.2. The Labute approximate surface area is 178 Å². The summed E-state index contributed by atoms with van der Waals surface area (Å²) in [6, 6.07) is 23.5. The van der Waals surface area contributed by atoms with Crippen molar-refractivity contribution in [3.63, 3.8) is 0 Å². The second-order valence-corrected chi connectivity index (χ2v) is 8.46. The number of carbonyl (C=O) groups excluding carboxylic acids is 1. The van der Waals surface area contributed by atoms with Gasteiger partial charge in [-0.2, -0.15) is 0 Å². The summed E-state index contributed by atoms with van der Waals surface area (Å²) in [5, 5.41) is 0. The maximum Gasteiger partial charge on any atom is 0.254 e. The summed E-state index contributed by atoms with van der Waals surface area (Å²) in [7, 11) is 0. The number of amides is 1. The molecule has 0 radical (unpaired) electrons. The van der Waals surface area contributed by atoms with Gasteiger partial charge in [0, 0.05) is 49.0 Å². The Kier molecular flexibility index (Phi) is 5.09. The minimum Gasteiger partial charge on any atom is -0.334 e. The Morgan fingerprint density at radius 1 is 0.933 bits per heavy atom. The Balaban J connectivity index is 1.25. The van der Waals surface area contributed by atoms with E-state index in [-0.39, 0.29) is 5.91 Å². The van der Waals surface area contributed by atoms with Crippen LogP contribution in [0, 0.1) is 6.92 Å². The smallest absolute Gasteiger partial charge is 0.254 e. The zero-order valence-corrected chi connectivity index (χ0v) is 17.4. The molecule has 0 spiro atoms. The third kappa shape index (κ3) is 3.63. The summed E-state index contributed by atoms with van der Waals surface area (Å²) >= 11 is 0. The van der Waals surface area contributed by atoms with Crippen LogP contribution in [0.25, 0.3) is 11.3 Å². The Hall–Kier alpha value is -2.98. The fourth-order valence-electron chi connectivity index (χ4n) is 4.93. The monoisotopic (exact) mass is 397 g/mol. The average Bonchev–Trinajstić information content (AvgIpc) is 3.38. The van der Waals surface area contributed by atoms with Crippen LogP contribution in [0.5, 0.6) is 0 Å². The molecule has 5 rings (SSSR count). The van der Waals surface area contributed by atoms with Gasteiger partial charge in [0.1, 0.15) is 0 Å². The fourth-order valence-corrected chi connectivity index (χ4v) is 4.93. The molecule has 0 aliphatic carbocycles. The highest BCUT2D eigenvalue weighted by Crippen LogP contribution is 2.33. The van der Waals surface area contributed by atoms with Crippen molar-refractivity contribution in [1.29, 1.82) is 0 Å². The van der Waals surface area contributed by atoms with Crippen molar-refractivity contribution in [3.8, 4) is 11.3 Å². The number of nitrogens with zero attached hydrogens (tertiary/aromatic N) is 3.